The molecule has 7 heteroatoms. The molecular formula is C20H18FN5O. The van der Waals surface area contributed by atoms with E-state index < -0.39 is 12.1 Å². The van der Waals surface area contributed by atoms with Crippen LogP contribution in [0.3, 0.4) is 0 Å². The molecule has 2 fully saturated rings. The molecule has 0 spiro atoms. The number of hydrogen-bond acceptors (Lipinski definition) is 5. The number of carbonyl (C=O) groups excluding carboxylic acids is 1. The Morgan fingerprint density at radius 1 is 1.22 bits per heavy atom. The maximum atomic E-state index is 13.1. The molecule has 2 atom stereocenters. The molecule has 0 aliphatic heterocycles. The van der Waals surface area contributed by atoms with Gasteiger partial charge in [-0.3, -0.25) is 9.78 Å². The van der Waals surface area contributed by atoms with E-state index in [-0.39, 0.29) is 12.3 Å². The maximum absolute atomic E-state index is 13.1. The first-order valence-corrected chi connectivity index (χ1v) is 9.06. The molecule has 3 aromatic rings. The topological polar surface area (TPSA) is 93.8 Å². The minimum Gasteiger partial charge on any atom is -0.397 e. The minimum absolute atomic E-state index is 0.273. The van der Waals surface area contributed by atoms with Crippen molar-refractivity contribution in [3.05, 3.63) is 42.2 Å². The zero-order valence-corrected chi connectivity index (χ0v) is 14.5. The van der Waals surface area contributed by atoms with Crippen LogP contribution in [0.5, 0.6) is 0 Å². The molecule has 1 aromatic carbocycles. The zero-order chi connectivity index (χ0) is 18.5. The molecule has 2 aliphatic carbocycles. The first-order chi connectivity index (χ1) is 13.1. The third-order valence-electron chi connectivity index (χ3n) is 5.20. The molecule has 0 bridgehead atoms. The maximum Gasteiger partial charge on any atom is 0.231 e. The van der Waals surface area contributed by atoms with E-state index in [0.29, 0.717) is 22.9 Å². The minimum atomic E-state index is -1.05. The molecule has 6 nitrogen and oxygen atoms in total. The van der Waals surface area contributed by atoms with Gasteiger partial charge < -0.3 is 11.1 Å². The van der Waals surface area contributed by atoms with Crippen molar-refractivity contribution in [3.63, 3.8) is 0 Å². The van der Waals surface area contributed by atoms with E-state index in [2.05, 4.69) is 26.6 Å². The number of aromatic nitrogens is 3. The van der Waals surface area contributed by atoms with Gasteiger partial charge in [0.15, 0.2) is 5.82 Å². The molecule has 0 radical (unpaired) electrons. The van der Waals surface area contributed by atoms with Crippen LogP contribution in [0.25, 0.3) is 22.0 Å². The Hall–Kier alpha value is -3.09. The lowest BCUT2D eigenvalue weighted by molar-refractivity contribution is -0.117. The highest BCUT2D eigenvalue weighted by Crippen LogP contribution is 2.44. The van der Waals surface area contributed by atoms with Crippen molar-refractivity contribution in [1.29, 1.82) is 0 Å². The van der Waals surface area contributed by atoms with E-state index in [4.69, 9.17) is 5.73 Å². The van der Waals surface area contributed by atoms with Crippen LogP contribution in [0.2, 0.25) is 0 Å². The van der Waals surface area contributed by atoms with Crippen LogP contribution in [0, 0.1) is 5.92 Å². The van der Waals surface area contributed by atoms with E-state index in [0.717, 1.165) is 16.5 Å². The third kappa shape index (κ3) is 2.99. The number of halogens is 1. The van der Waals surface area contributed by atoms with Gasteiger partial charge in [-0.05, 0) is 60.6 Å². The Morgan fingerprint density at radius 3 is 2.78 bits per heavy atom. The number of nitrogens with zero attached hydrogens (tertiary/aromatic N) is 3. The Bertz CT molecular complexity index is 1070. The molecule has 2 aliphatic rings. The van der Waals surface area contributed by atoms with Gasteiger partial charge in [0.05, 0.1) is 11.6 Å². The van der Waals surface area contributed by atoms with Crippen molar-refractivity contribution < 1.29 is 9.18 Å². The van der Waals surface area contributed by atoms with Crippen LogP contribution >= 0.6 is 0 Å². The zero-order valence-electron chi connectivity index (χ0n) is 14.5. The fraction of sp³-hybridized carbons (Fsp3) is 0.300. The third-order valence-corrected chi connectivity index (χ3v) is 5.20. The Balaban J connectivity index is 1.54. The summed E-state index contributed by atoms with van der Waals surface area (Å²) in [6.45, 7) is 0. The number of nitrogens with one attached hydrogen (secondary N) is 1. The molecule has 1 amide bonds. The van der Waals surface area contributed by atoms with Gasteiger partial charge >= 0.3 is 0 Å². The average molecular weight is 363 g/mol. The van der Waals surface area contributed by atoms with Crippen molar-refractivity contribution >= 4 is 28.3 Å². The fourth-order valence-electron chi connectivity index (χ4n) is 3.45. The first-order valence-electron chi connectivity index (χ1n) is 9.06. The van der Waals surface area contributed by atoms with Gasteiger partial charge in [0.25, 0.3) is 0 Å². The van der Waals surface area contributed by atoms with Gasteiger partial charge in [-0.2, -0.15) is 0 Å². The smallest absolute Gasteiger partial charge is 0.231 e. The number of rotatable bonds is 4. The number of hydrogen-bond donors (Lipinski definition) is 2. The van der Waals surface area contributed by atoms with Crippen LogP contribution in [0.15, 0.2) is 36.7 Å². The molecule has 27 heavy (non-hydrogen) atoms. The molecule has 2 aromatic heterocycles. The molecule has 3 N–H and O–H groups in total. The normalized spacial score (nSPS) is 21.2. The van der Waals surface area contributed by atoms with Gasteiger partial charge in [-0.25, -0.2) is 4.39 Å². The number of pyridine rings is 1. The lowest BCUT2D eigenvalue weighted by atomic mass is 9.97. The van der Waals surface area contributed by atoms with E-state index in [9.17, 15) is 9.18 Å². The molecule has 5 rings (SSSR count). The van der Waals surface area contributed by atoms with E-state index in [1.807, 2.05) is 24.5 Å². The van der Waals surface area contributed by atoms with E-state index in [1.54, 1.807) is 6.07 Å². The second kappa shape index (κ2) is 5.97. The van der Waals surface area contributed by atoms with Gasteiger partial charge in [-0.15, -0.1) is 10.2 Å². The van der Waals surface area contributed by atoms with Gasteiger partial charge in [0.2, 0.25) is 5.91 Å². The van der Waals surface area contributed by atoms with Crippen molar-refractivity contribution in [3.8, 4) is 11.1 Å². The van der Waals surface area contributed by atoms with E-state index >= 15 is 0 Å². The highest BCUT2D eigenvalue weighted by atomic mass is 19.1. The second-order valence-corrected chi connectivity index (χ2v) is 7.32. The number of alkyl halides is 1. The van der Waals surface area contributed by atoms with Gasteiger partial charge in [-0.1, -0.05) is 0 Å². The van der Waals surface area contributed by atoms with E-state index in [1.165, 1.54) is 18.4 Å². The number of carbonyl (C=O) groups is 1. The summed E-state index contributed by atoms with van der Waals surface area (Å²) in [5.41, 5.74) is 10.6. The first kappa shape index (κ1) is 16.1. The summed E-state index contributed by atoms with van der Waals surface area (Å²) in [7, 11) is 0. The number of fused-ring (bicyclic) bond motifs is 1. The number of anilines is 2. The summed E-state index contributed by atoms with van der Waals surface area (Å²) in [6, 6.07) is 7.65. The van der Waals surface area contributed by atoms with Crippen molar-refractivity contribution in [1.82, 2.24) is 15.2 Å². The standard InChI is InChI=1S/C20H18FN5O/c21-16-8-14(16)20(27)24-18-7-12-5-11(6-17(22)19(12)26-25-18)15-9-23-4-3-13(15)10-1-2-10/h3-7,9-10,14,16H,1-2,8,22H2,(H,24,25,27)/t14-,16+/m1/s1. The monoisotopic (exact) mass is 363 g/mol. The summed E-state index contributed by atoms with van der Waals surface area (Å²) < 4.78 is 13.1. The van der Waals surface area contributed by atoms with Gasteiger partial charge in [0.1, 0.15) is 11.7 Å². The molecule has 136 valence electrons. The lowest BCUT2D eigenvalue weighted by Crippen LogP contribution is -2.16. The summed E-state index contributed by atoms with van der Waals surface area (Å²) in [6.07, 6.45) is 5.29. The summed E-state index contributed by atoms with van der Waals surface area (Å²) in [4.78, 5) is 16.2. The molecule has 0 unspecified atom stereocenters. The molecule has 2 heterocycles. The van der Waals surface area contributed by atoms with Crippen LogP contribution in [-0.4, -0.2) is 27.3 Å². The van der Waals surface area contributed by atoms with Crippen LogP contribution < -0.4 is 11.1 Å². The fourth-order valence-corrected chi connectivity index (χ4v) is 3.45. The van der Waals surface area contributed by atoms with Crippen LogP contribution in [-0.2, 0) is 4.79 Å². The Kier molecular flexibility index (Phi) is 3.56. The predicted octanol–water partition coefficient (Wildman–Crippen LogP) is 3.45. The molecule has 0 saturated heterocycles. The van der Waals surface area contributed by atoms with Crippen LogP contribution in [0.1, 0.15) is 30.7 Å². The largest absolute Gasteiger partial charge is 0.397 e. The highest BCUT2D eigenvalue weighted by molar-refractivity contribution is 5.98. The van der Waals surface area contributed by atoms with Crippen molar-refractivity contribution in [2.24, 2.45) is 5.92 Å². The number of nitrogens with two attached hydrogens (primary N) is 1. The summed E-state index contributed by atoms with van der Waals surface area (Å²) in [5, 5.41) is 11.6. The van der Waals surface area contributed by atoms with Gasteiger partial charge in [0, 0.05) is 23.3 Å². The average Bonchev–Trinajstić information content (AvgIpc) is 3.57. The van der Waals surface area contributed by atoms with Crippen molar-refractivity contribution in [2.45, 2.75) is 31.4 Å². The number of benzene rings is 1. The summed E-state index contributed by atoms with van der Waals surface area (Å²) >= 11 is 0. The highest BCUT2D eigenvalue weighted by Gasteiger charge is 2.43. The lowest BCUT2D eigenvalue weighted by Gasteiger charge is -2.11. The number of nitrogen functional groups attached to an aromatic ring is 1. The molecular weight excluding hydrogens is 345 g/mol. The Labute approximate surface area is 155 Å². The SMILES string of the molecule is Nc1cc(-c2cnccc2C2CC2)cc2cc(NC(=O)[C@@H]3C[C@@H]3F)nnc12. The summed E-state index contributed by atoms with van der Waals surface area (Å²) in [5.74, 6) is -0.0479. The van der Waals surface area contributed by atoms with Crippen molar-refractivity contribution in [2.75, 3.05) is 11.1 Å². The second-order valence-electron chi connectivity index (χ2n) is 7.32. The quantitative estimate of drug-likeness (QED) is 0.693. The number of amides is 1. The Morgan fingerprint density at radius 2 is 2.04 bits per heavy atom. The predicted molar refractivity (Wildman–Crippen MR) is 101 cm³/mol. The molecule has 2 saturated carbocycles. The van der Waals surface area contributed by atoms with Crippen LogP contribution in [0.4, 0.5) is 15.9 Å².